The molecule has 12 heavy (non-hydrogen) atoms. The van der Waals surface area contributed by atoms with Crippen LogP contribution in [0.1, 0.15) is 19.5 Å². The standard InChI is InChI=1S/C9H12BrNO/c1-9(2,6-12)8-7(10)4-3-5-11-8/h3-5,12H,6H2,1-2H3. The molecule has 3 heteroatoms. The van der Waals surface area contributed by atoms with Gasteiger partial charge in [-0.3, -0.25) is 4.98 Å². The Bertz CT molecular complexity index is 273. The lowest BCUT2D eigenvalue weighted by atomic mass is 9.90. The molecule has 0 aromatic carbocycles. The first kappa shape index (κ1) is 9.68. The molecule has 0 radical (unpaired) electrons. The van der Waals surface area contributed by atoms with E-state index in [0.29, 0.717) is 0 Å². The third-order valence-electron chi connectivity index (χ3n) is 1.79. The number of aliphatic hydroxyl groups excluding tert-OH is 1. The highest BCUT2D eigenvalue weighted by Crippen LogP contribution is 2.26. The van der Waals surface area contributed by atoms with Gasteiger partial charge in [-0.2, -0.15) is 0 Å². The Morgan fingerprint density at radius 2 is 2.25 bits per heavy atom. The monoisotopic (exact) mass is 229 g/mol. The van der Waals surface area contributed by atoms with Crippen molar-refractivity contribution in [1.82, 2.24) is 4.98 Å². The van der Waals surface area contributed by atoms with E-state index in [-0.39, 0.29) is 12.0 Å². The maximum atomic E-state index is 9.11. The largest absolute Gasteiger partial charge is 0.395 e. The number of halogens is 1. The highest BCUT2D eigenvalue weighted by Gasteiger charge is 2.22. The molecule has 0 saturated carbocycles. The fraction of sp³-hybridized carbons (Fsp3) is 0.444. The summed E-state index contributed by atoms with van der Waals surface area (Å²) in [5.41, 5.74) is 0.618. The van der Waals surface area contributed by atoms with Gasteiger partial charge in [-0.25, -0.2) is 0 Å². The van der Waals surface area contributed by atoms with Crippen LogP contribution in [-0.2, 0) is 5.41 Å². The van der Waals surface area contributed by atoms with Crippen molar-refractivity contribution in [2.24, 2.45) is 0 Å². The average molecular weight is 230 g/mol. The average Bonchev–Trinajstić information content (AvgIpc) is 2.05. The topological polar surface area (TPSA) is 33.1 Å². The summed E-state index contributed by atoms with van der Waals surface area (Å²) in [6, 6.07) is 3.79. The Balaban J connectivity index is 3.10. The highest BCUT2D eigenvalue weighted by molar-refractivity contribution is 9.10. The second kappa shape index (κ2) is 3.54. The Labute approximate surface area is 80.8 Å². The van der Waals surface area contributed by atoms with Crippen LogP contribution >= 0.6 is 15.9 Å². The molecule has 0 aliphatic carbocycles. The van der Waals surface area contributed by atoms with Gasteiger partial charge in [-0.15, -0.1) is 0 Å². The van der Waals surface area contributed by atoms with Gasteiger partial charge in [-0.05, 0) is 28.1 Å². The smallest absolute Gasteiger partial charge is 0.0624 e. The molecule has 0 saturated heterocycles. The first-order valence-electron chi connectivity index (χ1n) is 3.80. The lowest BCUT2D eigenvalue weighted by molar-refractivity contribution is 0.214. The van der Waals surface area contributed by atoms with Crippen molar-refractivity contribution in [2.45, 2.75) is 19.3 Å². The van der Waals surface area contributed by atoms with Gasteiger partial charge in [0, 0.05) is 16.1 Å². The Morgan fingerprint density at radius 1 is 1.58 bits per heavy atom. The molecule has 0 fully saturated rings. The SMILES string of the molecule is CC(C)(CO)c1ncccc1Br. The van der Waals surface area contributed by atoms with Crippen molar-refractivity contribution in [1.29, 1.82) is 0 Å². The molecule has 0 unspecified atom stereocenters. The van der Waals surface area contributed by atoms with E-state index in [4.69, 9.17) is 5.11 Å². The molecular weight excluding hydrogens is 218 g/mol. The molecular formula is C9H12BrNO. The first-order chi connectivity index (χ1) is 5.58. The molecule has 0 spiro atoms. The van der Waals surface area contributed by atoms with E-state index in [0.717, 1.165) is 10.2 Å². The van der Waals surface area contributed by atoms with Crippen LogP contribution in [0.4, 0.5) is 0 Å². The summed E-state index contributed by atoms with van der Waals surface area (Å²) < 4.78 is 0.948. The minimum atomic E-state index is -0.278. The van der Waals surface area contributed by atoms with E-state index in [9.17, 15) is 0 Å². The fourth-order valence-corrected chi connectivity index (χ4v) is 1.75. The van der Waals surface area contributed by atoms with Gasteiger partial charge in [0.2, 0.25) is 0 Å². The van der Waals surface area contributed by atoms with Crippen LogP contribution in [-0.4, -0.2) is 16.7 Å². The zero-order chi connectivity index (χ0) is 9.19. The highest BCUT2D eigenvalue weighted by atomic mass is 79.9. The van der Waals surface area contributed by atoms with Gasteiger partial charge in [0.05, 0.1) is 12.3 Å². The molecule has 1 aromatic heterocycles. The molecule has 1 rings (SSSR count). The Morgan fingerprint density at radius 3 is 2.75 bits per heavy atom. The molecule has 1 heterocycles. The second-order valence-corrected chi connectivity index (χ2v) is 4.23. The van der Waals surface area contributed by atoms with Gasteiger partial charge in [-0.1, -0.05) is 13.8 Å². The van der Waals surface area contributed by atoms with E-state index in [1.54, 1.807) is 6.20 Å². The van der Waals surface area contributed by atoms with Crippen LogP contribution in [0.5, 0.6) is 0 Å². The van der Waals surface area contributed by atoms with Crippen LogP contribution in [0.2, 0.25) is 0 Å². The summed E-state index contributed by atoms with van der Waals surface area (Å²) in [4.78, 5) is 4.21. The molecule has 1 N–H and O–H groups in total. The lowest BCUT2D eigenvalue weighted by Gasteiger charge is -2.21. The van der Waals surface area contributed by atoms with Gasteiger partial charge in [0.1, 0.15) is 0 Å². The van der Waals surface area contributed by atoms with Gasteiger partial charge in [0.25, 0.3) is 0 Å². The normalized spacial score (nSPS) is 11.7. The minimum absolute atomic E-state index is 0.0998. The van der Waals surface area contributed by atoms with E-state index < -0.39 is 0 Å². The first-order valence-corrected chi connectivity index (χ1v) is 4.59. The molecule has 0 aliphatic rings. The summed E-state index contributed by atoms with van der Waals surface area (Å²) in [5, 5.41) is 9.11. The number of rotatable bonds is 2. The molecule has 2 nitrogen and oxygen atoms in total. The number of nitrogens with zero attached hydrogens (tertiary/aromatic N) is 1. The van der Waals surface area contributed by atoms with Crippen LogP contribution in [0.25, 0.3) is 0 Å². The minimum Gasteiger partial charge on any atom is -0.395 e. The molecule has 0 amide bonds. The van der Waals surface area contributed by atoms with Crippen molar-refractivity contribution >= 4 is 15.9 Å². The maximum absolute atomic E-state index is 9.11. The summed E-state index contributed by atoms with van der Waals surface area (Å²) in [6.45, 7) is 4.02. The maximum Gasteiger partial charge on any atom is 0.0624 e. The van der Waals surface area contributed by atoms with Crippen molar-refractivity contribution < 1.29 is 5.11 Å². The molecule has 66 valence electrons. The molecule has 0 atom stereocenters. The fourth-order valence-electron chi connectivity index (χ4n) is 0.959. The third-order valence-corrected chi connectivity index (χ3v) is 2.43. The van der Waals surface area contributed by atoms with Crippen LogP contribution in [0, 0.1) is 0 Å². The summed E-state index contributed by atoms with van der Waals surface area (Å²) >= 11 is 3.40. The van der Waals surface area contributed by atoms with Crippen molar-refractivity contribution in [2.75, 3.05) is 6.61 Å². The van der Waals surface area contributed by atoms with Gasteiger partial charge >= 0.3 is 0 Å². The second-order valence-electron chi connectivity index (χ2n) is 3.38. The van der Waals surface area contributed by atoms with Crippen LogP contribution in [0.15, 0.2) is 22.8 Å². The van der Waals surface area contributed by atoms with Crippen molar-refractivity contribution in [3.05, 3.63) is 28.5 Å². The number of aliphatic hydroxyl groups is 1. The van der Waals surface area contributed by atoms with Gasteiger partial charge < -0.3 is 5.11 Å². The predicted molar refractivity (Wildman–Crippen MR) is 52.0 cm³/mol. The van der Waals surface area contributed by atoms with E-state index in [1.807, 2.05) is 26.0 Å². The number of aromatic nitrogens is 1. The van der Waals surface area contributed by atoms with Gasteiger partial charge in [0.15, 0.2) is 0 Å². The van der Waals surface area contributed by atoms with Crippen molar-refractivity contribution in [3.63, 3.8) is 0 Å². The zero-order valence-corrected chi connectivity index (χ0v) is 8.80. The van der Waals surface area contributed by atoms with E-state index >= 15 is 0 Å². The summed E-state index contributed by atoms with van der Waals surface area (Å²) in [6.07, 6.45) is 1.73. The van der Waals surface area contributed by atoms with Crippen LogP contribution < -0.4 is 0 Å². The number of hydrogen-bond donors (Lipinski definition) is 1. The number of pyridine rings is 1. The predicted octanol–water partition coefficient (Wildman–Crippen LogP) is 2.11. The summed E-state index contributed by atoms with van der Waals surface area (Å²) in [7, 11) is 0. The van der Waals surface area contributed by atoms with Crippen molar-refractivity contribution in [3.8, 4) is 0 Å². The van der Waals surface area contributed by atoms with Crippen LogP contribution in [0.3, 0.4) is 0 Å². The molecule has 0 bridgehead atoms. The quantitative estimate of drug-likeness (QED) is 0.844. The molecule has 1 aromatic rings. The number of hydrogen-bond acceptors (Lipinski definition) is 2. The summed E-state index contributed by atoms with van der Waals surface area (Å²) in [5.74, 6) is 0. The van der Waals surface area contributed by atoms with E-state index in [2.05, 4.69) is 20.9 Å². The van der Waals surface area contributed by atoms with E-state index in [1.165, 1.54) is 0 Å². The Kier molecular flexibility index (Phi) is 2.85. The molecule has 0 aliphatic heterocycles. The third kappa shape index (κ3) is 1.84. The lowest BCUT2D eigenvalue weighted by Crippen LogP contribution is -2.23. The zero-order valence-electron chi connectivity index (χ0n) is 7.21. The Hall–Kier alpha value is -0.410.